The Labute approximate surface area is 241 Å². The molecule has 1 aliphatic rings. The number of carbonyl (C=O) groups excluding carboxylic acids is 1. The second kappa shape index (κ2) is 12.3. The van der Waals surface area contributed by atoms with Crippen LogP contribution in [0, 0.1) is 6.92 Å². The summed E-state index contributed by atoms with van der Waals surface area (Å²) in [4.78, 5) is 26.4. The van der Waals surface area contributed by atoms with Crippen LogP contribution in [-0.4, -0.2) is 56.5 Å². The summed E-state index contributed by atoms with van der Waals surface area (Å²) >= 11 is 0. The highest BCUT2D eigenvalue weighted by atomic mass is 16.2. The maximum absolute atomic E-state index is 13.0. The van der Waals surface area contributed by atoms with Gasteiger partial charge in [-0.3, -0.25) is 29.7 Å². The summed E-state index contributed by atoms with van der Waals surface area (Å²) in [5, 5.41) is 0. The second-order valence-electron chi connectivity index (χ2n) is 10.4. The van der Waals surface area contributed by atoms with E-state index >= 15 is 0 Å². The number of hydrogen-bond acceptors (Lipinski definition) is 5. The van der Waals surface area contributed by atoms with E-state index in [-0.39, 0.29) is 17.6 Å². The molecule has 1 saturated heterocycles. The van der Waals surface area contributed by atoms with Crippen molar-refractivity contribution in [3.63, 3.8) is 0 Å². The first kappa shape index (κ1) is 26.6. The first-order valence-electron chi connectivity index (χ1n) is 14.1. The van der Waals surface area contributed by atoms with E-state index in [0.717, 1.165) is 49.7 Å². The Hall–Kier alpha value is -4.59. The van der Waals surface area contributed by atoms with Gasteiger partial charge < -0.3 is 0 Å². The molecule has 1 aliphatic heterocycles. The van der Waals surface area contributed by atoms with E-state index in [9.17, 15) is 4.79 Å². The lowest BCUT2D eigenvalue weighted by molar-refractivity contribution is 0.100. The fourth-order valence-corrected chi connectivity index (χ4v) is 5.76. The van der Waals surface area contributed by atoms with Gasteiger partial charge >= 0.3 is 0 Å². The zero-order valence-electron chi connectivity index (χ0n) is 23.2. The summed E-state index contributed by atoms with van der Waals surface area (Å²) in [6.45, 7) is 6.68. The largest absolute Gasteiger partial charge is 0.296 e. The Morgan fingerprint density at radius 3 is 2.02 bits per heavy atom. The van der Waals surface area contributed by atoms with Crippen LogP contribution in [0.25, 0.3) is 11.3 Å². The van der Waals surface area contributed by atoms with Crippen LogP contribution in [0.5, 0.6) is 0 Å². The summed E-state index contributed by atoms with van der Waals surface area (Å²) in [7, 11) is 0. The van der Waals surface area contributed by atoms with E-state index in [1.165, 1.54) is 29.1 Å². The number of benzene rings is 3. The van der Waals surface area contributed by atoms with Gasteiger partial charge in [0.25, 0.3) is 5.91 Å². The first-order valence-corrected chi connectivity index (χ1v) is 14.1. The molecule has 0 bridgehead atoms. The maximum atomic E-state index is 13.0. The number of piperazine rings is 1. The molecule has 1 fully saturated rings. The number of carbonyl (C=O) groups is 1. The van der Waals surface area contributed by atoms with Crippen LogP contribution in [0.3, 0.4) is 0 Å². The number of amides is 1. The molecule has 1 amide bonds. The molecule has 0 saturated carbocycles. The van der Waals surface area contributed by atoms with Crippen molar-refractivity contribution in [2.45, 2.75) is 19.5 Å². The predicted octanol–water partition coefficient (Wildman–Crippen LogP) is 5.54. The first-order chi connectivity index (χ1) is 20.2. The molecule has 7 nitrogen and oxygen atoms in total. The Kier molecular flexibility index (Phi) is 7.98. The highest BCUT2D eigenvalue weighted by molar-refractivity contribution is 5.98. The molecule has 5 aromatic rings. The van der Waals surface area contributed by atoms with Crippen molar-refractivity contribution in [2.24, 2.45) is 0 Å². The number of aryl methyl sites for hydroxylation is 1. The fourth-order valence-electron chi connectivity index (χ4n) is 5.76. The van der Waals surface area contributed by atoms with Gasteiger partial charge in [-0.1, -0.05) is 91.0 Å². The van der Waals surface area contributed by atoms with Crippen molar-refractivity contribution in [1.29, 1.82) is 0 Å². The highest BCUT2D eigenvalue weighted by Gasteiger charge is 2.27. The van der Waals surface area contributed by atoms with Crippen molar-refractivity contribution in [3.8, 4) is 11.3 Å². The summed E-state index contributed by atoms with van der Waals surface area (Å²) in [6, 6.07) is 34.3. The van der Waals surface area contributed by atoms with E-state index < -0.39 is 0 Å². The summed E-state index contributed by atoms with van der Waals surface area (Å²) in [5.41, 5.74) is 10.2. The molecule has 0 aliphatic carbocycles. The predicted molar refractivity (Wildman–Crippen MR) is 162 cm³/mol. The summed E-state index contributed by atoms with van der Waals surface area (Å²) in [5.74, 6) is -0.290. The van der Waals surface area contributed by atoms with E-state index in [4.69, 9.17) is 0 Å². The van der Waals surface area contributed by atoms with Gasteiger partial charge in [0, 0.05) is 56.4 Å². The fraction of sp³-hybridized carbons (Fsp3) is 0.206. The molecule has 6 rings (SSSR count). The van der Waals surface area contributed by atoms with Crippen LogP contribution >= 0.6 is 0 Å². The Balaban J connectivity index is 1.23. The molecule has 3 heterocycles. The van der Waals surface area contributed by atoms with Crippen LogP contribution < -0.4 is 5.43 Å². The molecule has 2 aromatic heterocycles. The van der Waals surface area contributed by atoms with E-state index in [2.05, 4.69) is 104 Å². The third-order valence-corrected chi connectivity index (χ3v) is 7.72. The van der Waals surface area contributed by atoms with Crippen molar-refractivity contribution in [1.82, 2.24) is 24.4 Å². The smallest absolute Gasteiger partial charge is 0.290 e. The molecular formula is C34H34N6O. The summed E-state index contributed by atoms with van der Waals surface area (Å²) in [6.07, 6.45) is 4.57. The van der Waals surface area contributed by atoms with Gasteiger partial charge in [-0.05, 0) is 29.7 Å². The molecule has 7 heteroatoms. The Morgan fingerprint density at radius 2 is 1.44 bits per heavy atom. The molecule has 1 N–H and O–H groups in total. The third-order valence-electron chi connectivity index (χ3n) is 7.72. The zero-order valence-corrected chi connectivity index (χ0v) is 23.2. The number of nitrogens with one attached hydrogen (secondary N) is 1. The van der Waals surface area contributed by atoms with Crippen LogP contribution in [0.1, 0.15) is 38.9 Å². The Morgan fingerprint density at radius 1 is 0.829 bits per heavy atom. The van der Waals surface area contributed by atoms with Crippen molar-refractivity contribution in [2.75, 3.05) is 31.6 Å². The van der Waals surface area contributed by atoms with Gasteiger partial charge in [-0.25, -0.2) is 4.98 Å². The molecule has 41 heavy (non-hydrogen) atoms. The zero-order chi connectivity index (χ0) is 28.0. The lowest BCUT2D eigenvalue weighted by Crippen LogP contribution is -2.47. The quantitative estimate of drug-likeness (QED) is 0.279. The van der Waals surface area contributed by atoms with Crippen LogP contribution in [0.4, 0.5) is 0 Å². The minimum absolute atomic E-state index is 0.235. The van der Waals surface area contributed by atoms with Gasteiger partial charge in [0.15, 0.2) is 0 Å². The van der Waals surface area contributed by atoms with Gasteiger partial charge in [-0.15, -0.1) is 0 Å². The van der Waals surface area contributed by atoms with E-state index in [0.29, 0.717) is 0 Å². The van der Waals surface area contributed by atoms with Crippen molar-refractivity contribution >= 4 is 5.91 Å². The topological polar surface area (TPSA) is 66.3 Å². The lowest BCUT2D eigenvalue weighted by atomic mass is 9.96. The van der Waals surface area contributed by atoms with Gasteiger partial charge in [0.1, 0.15) is 5.69 Å². The molecule has 0 atom stereocenters. The molecule has 206 valence electrons. The van der Waals surface area contributed by atoms with Crippen LogP contribution in [0.2, 0.25) is 0 Å². The summed E-state index contributed by atoms with van der Waals surface area (Å²) < 4.78 is 1.89. The molecule has 3 aromatic carbocycles. The molecular weight excluding hydrogens is 508 g/mol. The van der Waals surface area contributed by atoms with E-state index in [1.54, 1.807) is 6.20 Å². The van der Waals surface area contributed by atoms with Gasteiger partial charge in [0.2, 0.25) is 0 Å². The monoisotopic (exact) mass is 542 g/mol. The standard InChI is InChI=1S/C34H34N6O/c1-26-23-30(33(29-15-9-4-10-16-29)40(26)37-34(41)31-24-35-17-18-36-31)25-38-19-21-39(22-20-38)32(27-11-5-2-6-12-27)28-13-7-3-8-14-28/h2-18,23-24,32H,19-22,25H2,1H3,(H,37,41). The Bertz CT molecular complexity index is 1520. The average Bonchev–Trinajstić information content (AvgIpc) is 3.33. The van der Waals surface area contributed by atoms with E-state index in [1.807, 2.05) is 29.8 Å². The SMILES string of the molecule is Cc1cc(CN2CCN(C(c3ccccc3)c3ccccc3)CC2)c(-c2ccccc2)n1NC(=O)c1cnccn1. The number of rotatable bonds is 8. The van der Waals surface area contributed by atoms with Gasteiger partial charge in [0.05, 0.1) is 17.9 Å². The second-order valence-corrected chi connectivity index (χ2v) is 10.4. The van der Waals surface area contributed by atoms with Crippen molar-refractivity contribution < 1.29 is 4.79 Å². The average molecular weight is 543 g/mol. The molecule has 0 unspecified atom stereocenters. The molecule has 0 radical (unpaired) electrons. The minimum Gasteiger partial charge on any atom is -0.296 e. The normalized spacial score (nSPS) is 14.3. The van der Waals surface area contributed by atoms with Crippen LogP contribution in [0.15, 0.2) is 116 Å². The van der Waals surface area contributed by atoms with Crippen LogP contribution in [-0.2, 0) is 6.54 Å². The highest BCUT2D eigenvalue weighted by Crippen LogP contribution is 2.31. The maximum Gasteiger partial charge on any atom is 0.290 e. The number of aromatic nitrogens is 3. The number of hydrogen-bond donors (Lipinski definition) is 1. The van der Waals surface area contributed by atoms with Crippen molar-refractivity contribution in [3.05, 3.63) is 144 Å². The lowest BCUT2D eigenvalue weighted by Gasteiger charge is -2.40. The third kappa shape index (κ3) is 5.96. The van der Waals surface area contributed by atoms with Gasteiger partial charge in [-0.2, -0.15) is 0 Å². The molecule has 0 spiro atoms. The minimum atomic E-state index is -0.290. The number of nitrogens with zero attached hydrogens (tertiary/aromatic N) is 5.